The zero-order valence-electron chi connectivity index (χ0n) is 16.7. The average molecular weight is 490 g/mol. The maximum atomic E-state index is 11.6. The number of likely N-dealkylation sites (tertiary alicyclic amines) is 1. The second-order valence-corrected chi connectivity index (χ2v) is 8.56. The Labute approximate surface area is 180 Å². The molecule has 1 spiro atoms. The highest BCUT2D eigenvalue weighted by atomic mass is 127. The zero-order valence-corrected chi connectivity index (χ0v) is 19.0. The van der Waals surface area contributed by atoms with Crippen molar-refractivity contribution in [2.75, 3.05) is 33.3 Å². The predicted octanol–water partition coefficient (Wildman–Crippen LogP) is 2.38. The van der Waals surface area contributed by atoms with E-state index in [0.717, 1.165) is 45.0 Å². The van der Waals surface area contributed by atoms with Crippen LogP contribution in [0.15, 0.2) is 4.99 Å². The molecule has 0 aromatic rings. The number of nitrogens with zero attached hydrogens (tertiary/aromatic N) is 2. The molecule has 3 atom stereocenters. The first-order valence-corrected chi connectivity index (χ1v) is 10.6. The molecular weight excluding hydrogens is 455 g/mol. The van der Waals surface area contributed by atoms with Crippen LogP contribution in [0.5, 0.6) is 0 Å². The van der Waals surface area contributed by atoms with E-state index >= 15 is 0 Å². The van der Waals surface area contributed by atoms with Gasteiger partial charge in [0.15, 0.2) is 5.96 Å². The molecular formula is C20H35IN4O2. The number of carbonyl (C=O) groups excluding carboxylic acids is 1. The van der Waals surface area contributed by atoms with Gasteiger partial charge in [0.2, 0.25) is 5.91 Å². The number of hydrogen-bond acceptors (Lipinski definition) is 3. The van der Waals surface area contributed by atoms with Gasteiger partial charge < -0.3 is 20.3 Å². The molecule has 7 heteroatoms. The molecule has 4 aliphatic rings. The first kappa shape index (κ1) is 21.1. The third-order valence-corrected chi connectivity index (χ3v) is 7.30. The van der Waals surface area contributed by atoms with Crippen molar-refractivity contribution < 1.29 is 9.53 Å². The molecule has 0 aromatic carbocycles. The number of fused-ring (bicyclic) bond motifs is 2. The van der Waals surface area contributed by atoms with Gasteiger partial charge in [0, 0.05) is 57.1 Å². The Bertz CT molecular complexity index is 558. The highest BCUT2D eigenvalue weighted by Gasteiger charge is 2.66. The Balaban J connectivity index is 0.00000210. The number of hydrogen-bond donors (Lipinski definition) is 2. The molecule has 2 heterocycles. The van der Waals surface area contributed by atoms with E-state index in [4.69, 9.17) is 9.73 Å². The molecule has 3 unspecified atom stereocenters. The minimum absolute atomic E-state index is 0. The molecule has 2 N–H and O–H groups in total. The average Bonchev–Trinajstić information content (AvgIpc) is 3.03. The van der Waals surface area contributed by atoms with Crippen molar-refractivity contribution in [2.24, 2.45) is 22.2 Å². The lowest BCUT2D eigenvalue weighted by Crippen LogP contribution is -2.72. The maximum absolute atomic E-state index is 11.6. The van der Waals surface area contributed by atoms with E-state index in [1.165, 1.54) is 25.7 Å². The third kappa shape index (κ3) is 3.82. The molecule has 0 aromatic heterocycles. The minimum Gasteiger partial charge on any atom is -0.377 e. The summed E-state index contributed by atoms with van der Waals surface area (Å²) in [5, 5.41) is 6.62. The molecule has 0 radical (unpaired) electrons. The second kappa shape index (κ2) is 8.84. The summed E-state index contributed by atoms with van der Waals surface area (Å²) in [6, 6.07) is 0.539. The van der Waals surface area contributed by atoms with E-state index in [9.17, 15) is 4.79 Å². The van der Waals surface area contributed by atoms with E-state index in [2.05, 4.69) is 22.5 Å². The summed E-state index contributed by atoms with van der Waals surface area (Å²) in [4.78, 5) is 18.9. The lowest BCUT2D eigenvalue weighted by molar-refractivity contribution is -0.171. The molecule has 27 heavy (non-hydrogen) atoms. The predicted molar refractivity (Wildman–Crippen MR) is 117 cm³/mol. The molecule has 6 nitrogen and oxygen atoms in total. The van der Waals surface area contributed by atoms with E-state index in [-0.39, 0.29) is 29.9 Å². The van der Waals surface area contributed by atoms with Crippen molar-refractivity contribution in [1.29, 1.82) is 0 Å². The Morgan fingerprint density at radius 3 is 2.59 bits per heavy atom. The fourth-order valence-corrected chi connectivity index (χ4v) is 5.69. The molecule has 2 saturated carbocycles. The Morgan fingerprint density at radius 2 is 2.00 bits per heavy atom. The van der Waals surface area contributed by atoms with Crippen LogP contribution in [-0.4, -0.2) is 62.2 Å². The topological polar surface area (TPSA) is 66.0 Å². The summed E-state index contributed by atoms with van der Waals surface area (Å²) < 4.78 is 6.06. The van der Waals surface area contributed by atoms with Gasteiger partial charge in [0.25, 0.3) is 0 Å². The van der Waals surface area contributed by atoms with Crippen molar-refractivity contribution >= 4 is 35.8 Å². The van der Waals surface area contributed by atoms with Crippen LogP contribution in [0.1, 0.15) is 51.9 Å². The van der Waals surface area contributed by atoms with Gasteiger partial charge in [-0.1, -0.05) is 6.42 Å². The fourth-order valence-electron chi connectivity index (χ4n) is 5.69. The molecule has 2 saturated heterocycles. The number of rotatable bonds is 4. The minimum atomic E-state index is 0. The number of piperidine rings is 1. The summed E-state index contributed by atoms with van der Waals surface area (Å²) in [7, 11) is 1.72. The number of ether oxygens (including phenoxy) is 1. The number of carbonyl (C=O) groups is 1. The van der Waals surface area contributed by atoms with Crippen LogP contribution in [-0.2, 0) is 9.53 Å². The molecule has 4 rings (SSSR count). The Hall–Kier alpha value is -0.570. The number of guanidine groups is 1. The van der Waals surface area contributed by atoms with Crippen molar-refractivity contribution in [3.8, 4) is 0 Å². The zero-order chi connectivity index (χ0) is 18.1. The van der Waals surface area contributed by atoms with Crippen molar-refractivity contribution in [2.45, 2.75) is 64.0 Å². The monoisotopic (exact) mass is 490 g/mol. The van der Waals surface area contributed by atoms with Gasteiger partial charge in [-0.2, -0.15) is 0 Å². The van der Waals surface area contributed by atoms with Gasteiger partial charge >= 0.3 is 0 Å². The second-order valence-electron chi connectivity index (χ2n) is 8.56. The van der Waals surface area contributed by atoms with E-state index < -0.39 is 0 Å². The quantitative estimate of drug-likeness (QED) is 0.361. The van der Waals surface area contributed by atoms with Gasteiger partial charge in [0.1, 0.15) is 0 Å². The fraction of sp³-hybridized carbons (Fsp3) is 0.900. The van der Waals surface area contributed by atoms with Gasteiger partial charge in [-0.15, -0.1) is 24.0 Å². The molecule has 2 aliphatic heterocycles. The van der Waals surface area contributed by atoms with Crippen LogP contribution in [0.25, 0.3) is 0 Å². The van der Waals surface area contributed by atoms with E-state index in [0.29, 0.717) is 35.8 Å². The van der Waals surface area contributed by atoms with Gasteiger partial charge in [0.05, 0.1) is 6.10 Å². The normalized spacial score (nSPS) is 32.1. The first-order valence-electron chi connectivity index (χ1n) is 10.6. The molecule has 1 amide bonds. The number of nitrogens with one attached hydrogen (secondary N) is 2. The number of halogens is 1. The summed E-state index contributed by atoms with van der Waals surface area (Å²) >= 11 is 0. The summed E-state index contributed by atoms with van der Waals surface area (Å²) in [6.07, 6.45) is 8.44. The van der Waals surface area contributed by atoms with Crippen LogP contribution in [0.2, 0.25) is 0 Å². The number of amides is 1. The van der Waals surface area contributed by atoms with Crippen LogP contribution in [0.3, 0.4) is 0 Å². The highest BCUT2D eigenvalue weighted by molar-refractivity contribution is 14.0. The molecule has 2 aliphatic carbocycles. The molecule has 0 bridgehead atoms. The first-order chi connectivity index (χ1) is 12.7. The van der Waals surface area contributed by atoms with Gasteiger partial charge in [-0.05, 0) is 44.9 Å². The number of aliphatic imine (C=N–C) groups is 1. The van der Waals surface area contributed by atoms with Crippen LogP contribution < -0.4 is 10.6 Å². The standard InChI is InChI=1S/C20H34N4O2.HI/c1-3-22-19(24-10-5-14(6-11-24)13-16(25)21-2)23-17-15-7-12-26-18(15)20(17)8-4-9-20;/h14-15,17-18H,3-13H2,1-2H3,(H,21,25)(H,22,23);1H. The third-order valence-electron chi connectivity index (χ3n) is 7.30. The van der Waals surface area contributed by atoms with Crippen LogP contribution >= 0.6 is 24.0 Å². The van der Waals surface area contributed by atoms with Crippen LogP contribution in [0, 0.1) is 17.3 Å². The lowest BCUT2D eigenvalue weighted by atomic mass is 9.46. The summed E-state index contributed by atoms with van der Waals surface area (Å²) in [5.74, 6) is 2.43. The Kier molecular flexibility index (Phi) is 6.93. The SMILES string of the molecule is CCN=C(NC1C2CCOC2C12CCC2)N1CCC(CC(=O)NC)CC1.I. The lowest BCUT2D eigenvalue weighted by Gasteiger charge is -2.63. The summed E-state index contributed by atoms with van der Waals surface area (Å²) in [6.45, 7) is 5.85. The van der Waals surface area contributed by atoms with Crippen LogP contribution in [0.4, 0.5) is 0 Å². The summed E-state index contributed by atoms with van der Waals surface area (Å²) in [5.41, 5.74) is 0.382. The van der Waals surface area contributed by atoms with Gasteiger partial charge in [-0.25, -0.2) is 0 Å². The van der Waals surface area contributed by atoms with E-state index in [1.807, 2.05) is 0 Å². The maximum Gasteiger partial charge on any atom is 0.220 e. The highest BCUT2D eigenvalue weighted by Crippen LogP contribution is 2.62. The smallest absolute Gasteiger partial charge is 0.220 e. The molecule has 154 valence electrons. The largest absolute Gasteiger partial charge is 0.377 e. The van der Waals surface area contributed by atoms with Gasteiger partial charge in [-0.3, -0.25) is 9.79 Å². The van der Waals surface area contributed by atoms with Crippen molar-refractivity contribution in [3.05, 3.63) is 0 Å². The molecule has 4 fully saturated rings. The van der Waals surface area contributed by atoms with E-state index in [1.54, 1.807) is 7.05 Å². The van der Waals surface area contributed by atoms with Crippen molar-refractivity contribution in [3.63, 3.8) is 0 Å². The Morgan fingerprint density at radius 1 is 1.26 bits per heavy atom. The van der Waals surface area contributed by atoms with Crippen molar-refractivity contribution in [1.82, 2.24) is 15.5 Å².